The van der Waals surface area contributed by atoms with E-state index in [1.54, 1.807) is 0 Å². The molecule has 1 atom stereocenters. The third-order valence-electron chi connectivity index (χ3n) is 6.54. The minimum absolute atomic E-state index is 0.0849. The zero-order valence-electron chi connectivity index (χ0n) is 16.2. The molecule has 5 heteroatoms. The number of piperidine rings is 2. The number of nitrogens with zero attached hydrogens (tertiary/aromatic N) is 3. The van der Waals surface area contributed by atoms with E-state index in [4.69, 9.17) is 0 Å². The summed E-state index contributed by atoms with van der Waals surface area (Å²) >= 11 is 0. The Morgan fingerprint density at radius 3 is 2.52 bits per heavy atom. The van der Waals surface area contributed by atoms with Crippen LogP contribution in [0.2, 0.25) is 0 Å². The maximum atomic E-state index is 12.8. The molecule has 0 aliphatic carbocycles. The van der Waals surface area contributed by atoms with Gasteiger partial charge in [-0.05, 0) is 50.8 Å². The molecule has 3 saturated heterocycles. The lowest BCUT2D eigenvalue weighted by molar-refractivity contribution is -0.144. The lowest BCUT2D eigenvalue weighted by Crippen LogP contribution is -2.55. The number of amides is 2. The van der Waals surface area contributed by atoms with Crippen molar-refractivity contribution in [2.45, 2.75) is 45.1 Å². The second-order valence-electron chi connectivity index (χ2n) is 8.64. The first-order valence-electron chi connectivity index (χ1n) is 10.5. The van der Waals surface area contributed by atoms with Gasteiger partial charge in [-0.1, -0.05) is 30.3 Å². The summed E-state index contributed by atoms with van der Waals surface area (Å²) in [6.07, 6.45) is 6.14. The van der Waals surface area contributed by atoms with E-state index in [9.17, 15) is 9.59 Å². The minimum Gasteiger partial charge on any atom is -0.341 e. The number of benzene rings is 1. The number of hydrogen-bond acceptors (Lipinski definition) is 3. The molecule has 1 unspecified atom stereocenters. The zero-order chi connectivity index (χ0) is 18.7. The smallest absolute Gasteiger partial charge is 0.236 e. The van der Waals surface area contributed by atoms with Crippen LogP contribution in [0.4, 0.5) is 0 Å². The fourth-order valence-corrected chi connectivity index (χ4v) is 5.04. The van der Waals surface area contributed by atoms with Gasteiger partial charge in [0.25, 0.3) is 0 Å². The highest BCUT2D eigenvalue weighted by Gasteiger charge is 2.42. The Hall–Kier alpha value is -1.88. The molecule has 4 rings (SSSR count). The van der Waals surface area contributed by atoms with Crippen LogP contribution in [-0.4, -0.2) is 65.8 Å². The van der Waals surface area contributed by atoms with Crippen molar-refractivity contribution in [2.24, 2.45) is 5.41 Å². The van der Waals surface area contributed by atoms with Gasteiger partial charge in [0.05, 0.1) is 6.54 Å². The van der Waals surface area contributed by atoms with Crippen molar-refractivity contribution in [1.82, 2.24) is 14.7 Å². The van der Waals surface area contributed by atoms with Crippen LogP contribution in [-0.2, 0) is 16.1 Å². The van der Waals surface area contributed by atoms with Gasteiger partial charge in [-0.2, -0.15) is 0 Å². The summed E-state index contributed by atoms with van der Waals surface area (Å²) < 4.78 is 0. The van der Waals surface area contributed by atoms with Crippen molar-refractivity contribution in [1.29, 1.82) is 0 Å². The SMILES string of the molecule is O=C(CN1CCCC1)N1CCCC2(CCC(=O)N(Cc3ccccc3)C2)C1. The number of carbonyl (C=O) groups is 2. The Kier molecular flexibility index (Phi) is 5.48. The Labute approximate surface area is 162 Å². The quantitative estimate of drug-likeness (QED) is 0.819. The molecule has 3 heterocycles. The fourth-order valence-electron chi connectivity index (χ4n) is 5.04. The van der Waals surface area contributed by atoms with Crippen LogP contribution in [0.3, 0.4) is 0 Å². The van der Waals surface area contributed by atoms with Crippen molar-refractivity contribution >= 4 is 11.8 Å². The molecule has 3 aliphatic heterocycles. The van der Waals surface area contributed by atoms with Crippen LogP contribution >= 0.6 is 0 Å². The van der Waals surface area contributed by atoms with E-state index in [0.29, 0.717) is 19.5 Å². The summed E-state index contributed by atoms with van der Waals surface area (Å²) in [5.74, 6) is 0.535. The summed E-state index contributed by atoms with van der Waals surface area (Å²) in [5, 5.41) is 0. The molecule has 1 aromatic carbocycles. The molecule has 146 valence electrons. The third-order valence-corrected chi connectivity index (χ3v) is 6.54. The highest BCUT2D eigenvalue weighted by Crippen LogP contribution is 2.39. The van der Waals surface area contributed by atoms with Crippen molar-refractivity contribution in [3.8, 4) is 0 Å². The molecule has 0 radical (unpaired) electrons. The molecular formula is C22H31N3O2. The van der Waals surface area contributed by atoms with Gasteiger partial charge in [0.15, 0.2) is 0 Å². The lowest BCUT2D eigenvalue weighted by Gasteiger charge is -2.48. The van der Waals surface area contributed by atoms with Crippen LogP contribution < -0.4 is 0 Å². The molecule has 0 bridgehead atoms. The van der Waals surface area contributed by atoms with Gasteiger partial charge in [-0.3, -0.25) is 14.5 Å². The third kappa shape index (κ3) is 4.34. The lowest BCUT2D eigenvalue weighted by atomic mass is 9.73. The van der Waals surface area contributed by atoms with Crippen LogP contribution in [0, 0.1) is 5.41 Å². The molecule has 3 fully saturated rings. The van der Waals surface area contributed by atoms with E-state index in [2.05, 4.69) is 21.9 Å². The van der Waals surface area contributed by atoms with Crippen molar-refractivity contribution in [3.63, 3.8) is 0 Å². The van der Waals surface area contributed by atoms with E-state index < -0.39 is 0 Å². The molecule has 0 saturated carbocycles. The summed E-state index contributed by atoms with van der Waals surface area (Å²) in [4.78, 5) is 31.7. The highest BCUT2D eigenvalue weighted by atomic mass is 16.2. The van der Waals surface area contributed by atoms with E-state index in [1.807, 2.05) is 23.1 Å². The van der Waals surface area contributed by atoms with E-state index in [0.717, 1.165) is 52.0 Å². The standard InChI is InChI=1S/C22H31N3O2/c26-20-9-11-22(18-25(20)15-19-7-2-1-3-8-19)10-6-14-24(17-22)21(27)16-23-12-4-5-13-23/h1-3,7-8H,4-6,9-18H2. The van der Waals surface area contributed by atoms with Crippen LogP contribution in [0.25, 0.3) is 0 Å². The number of likely N-dealkylation sites (tertiary alicyclic amines) is 3. The zero-order valence-corrected chi connectivity index (χ0v) is 16.2. The molecule has 0 N–H and O–H groups in total. The molecule has 1 spiro atoms. The predicted octanol–water partition coefficient (Wildman–Crippen LogP) is 2.51. The van der Waals surface area contributed by atoms with Gasteiger partial charge in [0.1, 0.15) is 0 Å². The average Bonchev–Trinajstić information content (AvgIpc) is 3.19. The predicted molar refractivity (Wildman–Crippen MR) is 105 cm³/mol. The first-order chi connectivity index (χ1) is 13.1. The van der Waals surface area contributed by atoms with Gasteiger partial charge in [-0.15, -0.1) is 0 Å². The summed E-state index contributed by atoms with van der Waals surface area (Å²) in [7, 11) is 0. The van der Waals surface area contributed by atoms with Crippen molar-refractivity contribution < 1.29 is 9.59 Å². The Bertz CT molecular complexity index is 671. The number of hydrogen-bond donors (Lipinski definition) is 0. The monoisotopic (exact) mass is 369 g/mol. The fraction of sp³-hybridized carbons (Fsp3) is 0.636. The number of carbonyl (C=O) groups excluding carboxylic acids is 2. The van der Waals surface area contributed by atoms with Gasteiger partial charge in [0, 0.05) is 38.0 Å². The number of rotatable bonds is 4. The van der Waals surface area contributed by atoms with Gasteiger partial charge in [0.2, 0.25) is 11.8 Å². The molecule has 0 aromatic heterocycles. The maximum absolute atomic E-state index is 12.8. The average molecular weight is 370 g/mol. The molecule has 27 heavy (non-hydrogen) atoms. The van der Waals surface area contributed by atoms with E-state index >= 15 is 0 Å². The summed E-state index contributed by atoms with van der Waals surface area (Å²) in [5.41, 5.74) is 1.27. The van der Waals surface area contributed by atoms with Crippen molar-refractivity contribution in [2.75, 3.05) is 39.3 Å². The minimum atomic E-state index is 0.0849. The molecule has 1 aromatic rings. The molecule has 2 amide bonds. The largest absolute Gasteiger partial charge is 0.341 e. The summed E-state index contributed by atoms with van der Waals surface area (Å²) in [6.45, 7) is 5.85. The van der Waals surface area contributed by atoms with Crippen LogP contribution in [0.15, 0.2) is 30.3 Å². The van der Waals surface area contributed by atoms with Crippen LogP contribution in [0.1, 0.15) is 44.1 Å². The van der Waals surface area contributed by atoms with Crippen LogP contribution in [0.5, 0.6) is 0 Å². The highest BCUT2D eigenvalue weighted by molar-refractivity contribution is 5.79. The van der Waals surface area contributed by atoms with Crippen molar-refractivity contribution in [3.05, 3.63) is 35.9 Å². The molecule has 3 aliphatic rings. The second kappa shape index (κ2) is 8.01. The summed E-state index contributed by atoms with van der Waals surface area (Å²) in [6, 6.07) is 10.2. The second-order valence-corrected chi connectivity index (χ2v) is 8.64. The normalized spacial score (nSPS) is 26.7. The van der Waals surface area contributed by atoms with Gasteiger partial charge in [-0.25, -0.2) is 0 Å². The Balaban J connectivity index is 1.40. The Morgan fingerprint density at radius 2 is 1.74 bits per heavy atom. The first-order valence-corrected chi connectivity index (χ1v) is 10.5. The van der Waals surface area contributed by atoms with E-state index in [1.165, 1.54) is 18.4 Å². The van der Waals surface area contributed by atoms with Gasteiger partial charge >= 0.3 is 0 Å². The van der Waals surface area contributed by atoms with Gasteiger partial charge < -0.3 is 9.80 Å². The molecular weight excluding hydrogens is 338 g/mol. The molecule has 5 nitrogen and oxygen atoms in total. The Morgan fingerprint density at radius 1 is 0.963 bits per heavy atom. The first kappa shape index (κ1) is 18.5. The topological polar surface area (TPSA) is 43.9 Å². The van der Waals surface area contributed by atoms with E-state index in [-0.39, 0.29) is 17.2 Å². The maximum Gasteiger partial charge on any atom is 0.236 e.